The fraction of sp³-hybridized carbons (Fsp3) is 0.812. The Balaban J connectivity index is 0.000000340. The molecule has 0 fully saturated rings. The number of allylic oxidation sites excluding steroid dienone is 4. The zero-order chi connectivity index (χ0) is 24.4. The zero-order valence-electron chi connectivity index (χ0n) is 22.5. The van der Waals surface area contributed by atoms with Crippen LogP contribution >= 0.6 is 0 Å². The van der Waals surface area contributed by atoms with Gasteiger partial charge in [0, 0.05) is 25.7 Å². The molecule has 34 heavy (non-hydrogen) atoms. The van der Waals surface area contributed by atoms with Crippen LogP contribution in [-0.4, -0.2) is 11.6 Å². The molecule has 0 aromatic carbocycles. The van der Waals surface area contributed by atoms with Gasteiger partial charge in [-0.05, 0) is 77.0 Å². The summed E-state index contributed by atoms with van der Waals surface area (Å²) in [7, 11) is 0. The molecule has 2 aliphatic rings. The maximum atomic E-state index is 11.6. The van der Waals surface area contributed by atoms with Crippen LogP contribution in [0.2, 0.25) is 0 Å². The third-order valence-electron chi connectivity index (χ3n) is 7.14. The van der Waals surface area contributed by atoms with Gasteiger partial charge in [-0.1, -0.05) is 88.5 Å². The molecule has 2 aliphatic carbocycles. The Hall–Kier alpha value is -1.18. The Morgan fingerprint density at radius 2 is 0.500 bits per heavy atom. The summed E-state index contributed by atoms with van der Waals surface area (Å²) in [5, 5.41) is 0. The Kier molecular flexibility index (Phi) is 22.6. The van der Waals surface area contributed by atoms with Crippen LogP contribution in [0.4, 0.5) is 0 Å². The van der Waals surface area contributed by atoms with E-state index in [1.807, 2.05) is 0 Å². The van der Waals surface area contributed by atoms with Gasteiger partial charge in [-0.2, -0.15) is 0 Å². The minimum atomic E-state index is 0.493. The molecule has 2 heteroatoms. The molecule has 0 bridgehead atoms. The summed E-state index contributed by atoms with van der Waals surface area (Å²) >= 11 is 0. The van der Waals surface area contributed by atoms with E-state index in [1.54, 1.807) is 0 Å². The molecule has 0 aromatic rings. The summed E-state index contributed by atoms with van der Waals surface area (Å²) in [6.07, 6.45) is 40.2. The number of carbonyl (C=O) groups is 2. The van der Waals surface area contributed by atoms with Crippen molar-refractivity contribution in [2.24, 2.45) is 0 Å². The molecular weight excluding hydrogens is 416 g/mol. The van der Waals surface area contributed by atoms with Gasteiger partial charge in [-0.15, -0.1) is 0 Å². The Morgan fingerprint density at radius 1 is 0.294 bits per heavy atom. The van der Waals surface area contributed by atoms with Crippen LogP contribution in [0.25, 0.3) is 0 Å². The summed E-state index contributed by atoms with van der Waals surface area (Å²) in [5.41, 5.74) is 0. The molecule has 0 radical (unpaired) electrons. The Bertz CT molecular complexity index is 483. The third-order valence-corrected chi connectivity index (χ3v) is 7.14. The Morgan fingerprint density at radius 3 is 0.794 bits per heavy atom. The minimum Gasteiger partial charge on any atom is -0.300 e. The molecular formula is C32H56O2. The van der Waals surface area contributed by atoms with Crippen LogP contribution in [0.1, 0.15) is 167 Å². The van der Waals surface area contributed by atoms with Crippen molar-refractivity contribution in [3.63, 3.8) is 0 Å². The summed E-state index contributed by atoms with van der Waals surface area (Å²) in [6, 6.07) is 0. The topological polar surface area (TPSA) is 34.1 Å². The van der Waals surface area contributed by atoms with E-state index in [9.17, 15) is 9.59 Å². The fourth-order valence-corrected chi connectivity index (χ4v) is 4.83. The third kappa shape index (κ3) is 22.6. The molecule has 0 amide bonds. The minimum absolute atomic E-state index is 0.493. The molecule has 0 aromatic heterocycles. The first-order valence-corrected chi connectivity index (χ1v) is 15.1. The van der Waals surface area contributed by atoms with Gasteiger partial charge in [-0.25, -0.2) is 0 Å². The van der Waals surface area contributed by atoms with Crippen LogP contribution in [0.5, 0.6) is 0 Å². The highest BCUT2D eigenvalue weighted by molar-refractivity contribution is 5.78. The predicted molar refractivity (Wildman–Crippen MR) is 148 cm³/mol. The molecule has 0 heterocycles. The SMILES string of the molecule is O=C1CCCCC/C=C\CCCCCCCC1.O=C1CCCCCC=CCCCCCCCC1. The molecule has 2 nitrogen and oxygen atoms in total. The lowest BCUT2D eigenvalue weighted by atomic mass is 10.0. The first-order valence-electron chi connectivity index (χ1n) is 15.1. The van der Waals surface area contributed by atoms with E-state index in [4.69, 9.17) is 0 Å². The van der Waals surface area contributed by atoms with Crippen molar-refractivity contribution in [1.29, 1.82) is 0 Å². The van der Waals surface area contributed by atoms with E-state index < -0.39 is 0 Å². The van der Waals surface area contributed by atoms with Crippen molar-refractivity contribution in [3.8, 4) is 0 Å². The van der Waals surface area contributed by atoms with Gasteiger partial charge in [-0.3, -0.25) is 9.59 Å². The van der Waals surface area contributed by atoms with Gasteiger partial charge >= 0.3 is 0 Å². The number of hydrogen-bond acceptors (Lipinski definition) is 2. The van der Waals surface area contributed by atoms with Crippen LogP contribution in [0.15, 0.2) is 24.3 Å². The fourth-order valence-electron chi connectivity index (χ4n) is 4.83. The molecule has 0 saturated carbocycles. The quantitative estimate of drug-likeness (QED) is 0.328. The van der Waals surface area contributed by atoms with Crippen LogP contribution in [0.3, 0.4) is 0 Å². The van der Waals surface area contributed by atoms with Gasteiger partial charge in [0.05, 0.1) is 0 Å². The lowest BCUT2D eigenvalue weighted by Crippen LogP contribution is -1.97. The highest BCUT2D eigenvalue weighted by atomic mass is 16.1. The normalized spacial score (nSPS) is 23.4. The first kappa shape index (κ1) is 30.9. The van der Waals surface area contributed by atoms with Gasteiger partial charge < -0.3 is 0 Å². The molecule has 0 atom stereocenters. The molecule has 0 spiro atoms. The van der Waals surface area contributed by atoms with Crippen molar-refractivity contribution in [3.05, 3.63) is 24.3 Å². The predicted octanol–water partition coefficient (Wildman–Crippen LogP) is 10.4. The highest BCUT2D eigenvalue weighted by Gasteiger charge is 2.03. The second-order valence-electron chi connectivity index (χ2n) is 10.5. The average molecular weight is 473 g/mol. The lowest BCUT2D eigenvalue weighted by molar-refractivity contribution is -0.120. The van der Waals surface area contributed by atoms with E-state index in [0.717, 1.165) is 51.4 Å². The van der Waals surface area contributed by atoms with E-state index in [-0.39, 0.29) is 0 Å². The molecule has 0 unspecified atom stereocenters. The van der Waals surface area contributed by atoms with E-state index >= 15 is 0 Å². The van der Waals surface area contributed by atoms with E-state index in [1.165, 1.54) is 116 Å². The second-order valence-corrected chi connectivity index (χ2v) is 10.5. The monoisotopic (exact) mass is 472 g/mol. The number of Topliss-reactive ketones (excluding diaryl/α,β-unsaturated/α-hetero) is 2. The summed E-state index contributed by atoms with van der Waals surface area (Å²) in [5.74, 6) is 0.986. The smallest absolute Gasteiger partial charge is 0.132 e. The van der Waals surface area contributed by atoms with Crippen LogP contribution < -0.4 is 0 Å². The van der Waals surface area contributed by atoms with Crippen molar-refractivity contribution in [2.75, 3.05) is 0 Å². The van der Waals surface area contributed by atoms with E-state index in [0.29, 0.717) is 11.6 Å². The standard InChI is InChI=1S/2C16H28O/c2*17-16-14-12-10-8-6-4-2-1-3-5-7-9-11-13-15-16/h2*2,4H,1,3,5-15H2/b4-2-;. The van der Waals surface area contributed by atoms with Gasteiger partial charge in [0.2, 0.25) is 0 Å². The number of hydrogen-bond donors (Lipinski definition) is 0. The number of ketones is 2. The molecule has 0 aliphatic heterocycles. The van der Waals surface area contributed by atoms with Crippen molar-refractivity contribution in [2.45, 2.75) is 167 Å². The van der Waals surface area contributed by atoms with Crippen LogP contribution in [0, 0.1) is 0 Å². The summed E-state index contributed by atoms with van der Waals surface area (Å²) < 4.78 is 0. The largest absolute Gasteiger partial charge is 0.300 e. The van der Waals surface area contributed by atoms with Gasteiger partial charge in [0.25, 0.3) is 0 Å². The van der Waals surface area contributed by atoms with Crippen molar-refractivity contribution < 1.29 is 9.59 Å². The summed E-state index contributed by atoms with van der Waals surface area (Å²) in [6.45, 7) is 0. The number of rotatable bonds is 0. The molecule has 2 rings (SSSR count). The molecule has 196 valence electrons. The lowest BCUT2D eigenvalue weighted by Gasteiger charge is -2.03. The van der Waals surface area contributed by atoms with Crippen molar-refractivity contribution in [1.82, 2.24) is 0 Å². The summed E-state index contributed by atoms with van der Waals surface area (Å²) in [4.78, 5) is 23.1. The average Bonchev–Trinajstić information content (AvgIpc) is 2.83. The maximum Gasteiger partial charge on any atom is 0.132 e. The van der Waals surface area contributed by atoms with Crippen molar-refractivity contribution >= 4 is 11.6 Å². The zero-order valence-corrected chi connectivity index (χ0v) is 22.5. The molecule has 0 N–H and O–H groups in total. The van der Waals surface area contributed by atoms with E-state index in [2.05, 4.69) is 24.3 Å². The maximum absolute atomic E-state index is 11.6. The molecule has 0 saturated heterocycles. The van der Waals surface area contributed by atoms with Gasteiger partial charge in [0.1, 0.15) is 11.6 Å². The van der Waals surface area contributed by atoms with Crippen LogP contribution in [-0.2, 0) is 9.59 Å². The first-order chi connectivity index (χ1) is 16.8. The highest BCUT2D eigenvalue weighted by Crippen LogP contribution is 2.14. The second kappa shape index (κ2) is 24.9. The number of carbonyl (C=O) groups excluding carboxylic acids is 2. The Labute approximate surface area is 212 Å². The van der Waals surface area contributed by atoms with Gasteiger partial charge in [0.15, 0.2) is 0 Å².